The van der Waals surface area contributed by atoms with E-state index in [1.165, 1.54) is 6.07 Å². The van der Waals surface area contributed by atoms with Gasteiger partial charge in [-0.05, 0) is 48.7 Å². The minimum Gasteiger partial charge on any atom is -0.494 e. The van der Waals surface area contributed by atoms with Crippen LogP contribution in [0.2, 0.25) is 5.02 Å². The van der Waals surface area contributed by atoms with Crippen LogP contribution in [0.15, 0.2) is 42.5 Å². The van der Waals surface area contributed by atoms with E-state index in [1.54, 1.807) is 12.1 Å². The van der Waals surface area contributed by atoms with Crippen molar-refractivity contribution in [3.8, 4) is 5.75 Å². The summed E-state index contributed by atoms with van der Waals surface area (Å²) in [6.45, 7) is 7.49. The molecular formula is C31H35ClO12. The van der Waals surface area contributed by atoms with E-state index in [-0.39, 0.29) is 5.56 Å². The Bertz CT molecular complexity index is 1370. The van der Waals surface area contributed by atoms with E-state index in [9.17, 15) is 24.0 Å². The molecule has 1 aliphatic rings. The maximum atomic E-state index is 12.6. The third-order valence-corrected chi connectivity index (χ3v) is 6.78. The van der Waals surface area contributed by atoms with E-state index in [0.29, 0.717) is 29.4 Å². The number of carbonyl (C=O) groups excluding carboxylic acids is 5. The molecule has 0 N–H and O–H groups in total. The lowest BCUT2D eigenvalue weighted by Gasteiger charge is -2.34. The molecule has 3 rings (SSSR count). The first-order valence-corrected chi connectivity index (χ1v) is 14.2. The number of benzene rings is 2. The number of rotatable bonds is 12. The molecule has 0 bridgehead atoms. The Morgan fingerprint density at radius 3 is 2.07 bits per heavy atom. The zero-order valence-corrected chi connectivity index (χ0v) is 26.0. The van der Waals surface area contributed by atoms with Crippen molar-refractivity contribution in [2.45, 2.75) is 78.2 Å². The summed E-state index contributed by atoms with van der Waals surface area (Å²) in [6.07, 6.45) is -5.54. The lowest BCUT2D eigenvalue weighted by atomic mass is 9.93. The van der Waals surface area contributed by atoms with Gasteiger partial charge >= 0.3 is 29.8 Å². The fourth-order valence-electron chi connectivity index (χ4n) is 4.87. The fraction of sp³-hybridized carbons (Fsp3) is 0.452. The van der Waals surface area contributed by atoms with Crippen molar-refractivity contribution < 1.29 is 57.1 Å². The molecule has 1 unspecified atom stereocenters. The normalized spacial score (nSPS) is 21.5. The summed E-state index contributed by atoms with van der Waals surface area (Å²) in [5, 5.41) is 0.378. The van der Waals surface area contributed by atoms with Crippen LogP contribution < -0.4 is 4.74 Å². The van der Waals surface area contributed by atoms with Crippen molar-refractivity contribution in [1.29, 1.82) is 0 Å². The Morgan fingerprint density at radius 1 is 0.864 bits per heavy atom. The summed E-state index contributed by atoms with van der Waals surface area (Å²) in [5.41, 5.74) is 1.65. The van der Waals surface area contributed by atoms with Crippen molar-refractivity contribution in [1.82, 2.24) is 0 Å². The Labute approximate surface area is 259 Å². The summed E-state index contributed by atoms with van der Waals surface area (Å²) in [6, 6.07) is 12.0. The highest BCUT2D eigenvalue weighted by Gasteiger charge is 2.65. The summed E-state index contributed by atoms with van der Waals surface area (Å²) in [7, 11) is 0. The molecule has 1 fully saturated rings. The predicted octanol–water partition coefficient (Wildman–Crippen LogP) is 3.80. The first kappa shape index (κ1) is 34.3. The van der Waals surface area contributed by atoms with Crippen LogP contribution >= 0.6 is 11.6 Å². The zero-order valence-electron chi connectivity index (χ0n) is 25.2. The summed E-state index contributed by atoms with van der Waals surface area (Å²) in [5.74, 6) is -5.44. The number of ether oxygens (including phenoxy) is 7. The molecule has 12 nitrogen and oxygen atoms in total. The van der Waals surface area contributed by atoms with Crippen molar-refractivity contribution in [2.24, 2.45) is 0 Å². The summed E-state index contributed by atoms with van der Waals surface area (Å²) in [4.78, 5) is 61.0. The molecule has 2 aromatic carbocycles. The molecule has 13 heteroatoms. The molecule has 0 spiro atoms. The highest BCUT2D eigenvalue weighted by molar-refractivity contribution is 6.31. The second kappa shape index (κ2) is 15.0. The molecule has 1 heterocycles. The van der Waals surface area contributed by atoms with Gasteiger partial charge in [0, 0.05) is 45.2 Å². The molecular weight excluding hydrogens is 600 g/mol. The van der Waals surface area contributed by atoms with Gasteiger partial charge in [0.25, 0.3) is 5.79 Å². The summed E-state index contributed by atoms with van der Waals surface area (Å²) < 4.78 is 39.2. The quantitative estimate of drug-likeness (QED) is 0.247. The zero-order chi connectivity index (χ0) is 32.6. The predicted molar refractivity (Wildman–Crippen MR) is 153 cm³/mol. The van der Waals surface area contributed by atoms with Crippen LogP contribution in [0, 0.1) is 0 Å². The standard InChI is InChI=1S/C31H35ClO12/c1-7-38-25-11-8-22(9-12-25)14-23-15-24(10-13-26(23)32)31(43-21(6)37)30(42-20(5)36)29(41-19(4)35)28(44-31)27(40-18(3)34)16-39-17(2)33/h8-13,15,27-30H,7,14,16H2,1-6H3/t27-,28-,29+,30-,31?/m1/s1. The smallest absolute Gasteiger partial charge is 0.305 e. The molecule has 238 valence electrons. The second-order valence-corrected chi connectivity index (χ2v) is 10.4. The van der Waals surface area contributed by atoms with Crippen LogP contribution in [0.1, 0.15) is 58.2 Å². The van der Waals surface area contributed by atoms with Gasteiger partial charge in [0.05, 0.1) is 6.61 Å². The van der Waals surface area contributed by atoms with Crippen LogP contribution in [0.4, 0.5) is 0 Å². The minimum absolute atomic E-state index is 0.179. The van der Waals surface area contributed by atoms with Gasteiger partial charge in [-0.25, -0.2) is 0 Å². The maximum absolute atomic E-state index is 12.6. The number of hydrogen-bond donors (Lipinski definition) is 0. The molecule has 1 aliphatic heterocycles. The third kappa shape index (κ3) is 8.70. The van der Waals surface area contributed by atoms with Gasteiger partial charge in [-0.15, -0.1) is 0 Å². The largest absolute Gasteiger partial charge is 0.494 e. The molecule has 0 radical (unpaired) electrons. The number of halogens is 1. The molecule has 0 saturated carbocycles. The summed E-state index contributed by atoms with van der Waals surface area (Å²) >= 11 is 6.58. The van der Waals surface area contributed by atoms with Crippen LogP contribution in [0.5, 0.6) is 5.75 Å². The molecule has 0 amide bonds. The van der Waals surface area contributed by atoms with E-state index in [0.717, 1.165) is 40.2 Å². The van der Waals surface area contributed by atoms with Crippen molar-refractivity contribution >= 4 is 41.4 Å². The highest BCUT2D eigenvalue weighted by atomic mass is 35.5. The van der Waals surface area contributed by atoms with E-state index in [1.807, 2.05) is 31.2 Å². The third-order valence-electron chi connectivity index (χ3n) is 6.41. The van der Waals surface area contributed by atoms with Crippen molar-refractivity contribution in [3.05, 3.63) is 64.2 Å². The SMILES string of the molecule is CCOc1ccc(Cc2cc(C3(OC(C)=O)O[C@H]([C@@H](COC(C)=O)OC(C)=O)[C@H](OC(C)=O)[C@H]3OC(C)=O)ccc2Cl)cc1. The van der Waals surface area contributed by atoms with Gasteiger partial charge in [-0.2, -0.15) is 0 Å². The molecule has 5 atom stereocenters. The van der Waals surface area contributed by atoms with Gasteiger partial charge in [0.2, 0.25) is 6.10 Å². The number of hydrogen-bond acceptors (Lipinski definition) is 12. The van der Waals surface area contributed by atoms with E-state index >= 15 is 0 Å². The monoisotopic (exact) mass is 634 g/mol. The first-order chi connectivity index (χ1) is 20.7. The van der Waals surface area contributed by atoms with Gasteiger partial charge < -0.3 is 33.2 Å². The van der Waals surface area contributed by atoms with E-state index < -0.39 is 66.7 Å². The Kier molecular flexibility index (Phi) is 11.7. The molecule has 0 aliphatic carbocycles. The maximum Gasteiger partial charge on any atom is 0.305 e. The van der Waals surface area contributed by atoms with E-state index in [4.69, 9.17) is 44.8 Å². The number of esters is 5. The van der Waals surface area contributed by atoms with Crippen LogP contribution in [0.25, 0.3) is 0 Å². The van der Waals surface area contributed by atoms with E-state index in [2.05, 4.69) is 0 Å². The lowest BCUT2D eigenvalue weighted by Crippen LogP contribution is -2.49. The molecule has 44 heavy (non-hydrogen) atoms. The fourth-order valence-corrected chi connectivity index (χ4v) is 5.05. The first-order valence-electron chi connectivity index (χ1n) is 13.8. The van der Waals surface area contributed by atoms with Crippen LogP contribution in [-0.2, 0) is 64.6 Å². The van der Waals surface area contributed by atoms with Crippen molar-refractivity contribution in [3.63, 3.8) is 0 Å². The van der Waals surface area contributed by atoms with Crippen LogP contribution in [-0.4, -0.2) is 67.5 Å². The van der Waals surface area contributed by atoms with Gasteiger partial charge in [0.15, 0.2) is 12.2 Å². The van der Waals surface area contributed by atoms with Gasteiger partial charge in [-0.1, -0.05) is 29.8 Å². The molecule has 1 saturated heterocycles. The van der Waals surface area contributed by atoms with Crippen molar-refractivity contribution in [2.75, 3.05) is 13.2 Å². The highest BCUT2D eigenvalue weighted by Crippen LogP contribution is 2.46. The Balaban J connectivity index is 2.18. The number of carbonyl (C=O) groups is 5. The Hall–Kier alpha value is -4.16. The molecule has 0 aromatic heterocycles. The Morgan fingerprint density at radius 2 is 1.52 bits per heavy atom. The minimum atomic E-state index is -2.21. The second-order valence-electron chi connectivity index (χ2n) is 9.96. The topological polar surface area (TPSA) is 150 Å². The lowest BCUT2D eigenvalue weighted by molar-refractivity contribution is -0.267. The van der Waals surface area contributed by atoms with Crippen LogP contribution in [0.3, 0.4) is 0 Å². The average Bonchev–Trinajstić information content (AvgIpc) is 3.20. The molecule has 2 aromatic rings. The average molecular weight is 635 g/mol. The van der Waals surface area contributed by atoms with Gasteiger partial charge in [-0.3, -0.25) is 24.0 Å². The van der Waals surface area contributed by atoms with Gasteiger partial charge in [0.1, 0.15) is 18.5 Å².